The predicted molar refractivity (Wildman–Crippen MR) is 129 cm³/mol. The predicted octanol–water partition coefficient (Wildman–Crippen LogP) is 2.52. The fourth-order valence-corrected chi connectivity index (χ4v) is 9.28. The third-order valence-electron chi connectivity index (χ3n) is 12.0. The zero-order valence-electron chi connectivity index (χ0n) is 22.0. The molecule has 5 aliphatic rings. The molecule has 0 bridgehead atoms. The van der Waals surface area contributed by atoms with Crippen LogP contribution in [0.3, 0.4) is 0 Å². The summed E-state index contributed by atoms with van der Waals surface area (Å²) < 4.78 is 11.4. The number of carbonyl (C=O) groups excluding carboxylic acids is 1. The summed E-state index contributed by atoms with van der Waals surface area (Å²) in [6.45, 7) is 11.6. The van der Waals surface area contributed by atoms with Gasteiger partial charge < -0.3 is 29.9 Å². The zero-order valence-corrected chi connectivity index (χ0v) is 22.0. The van der Waals surface area contributed by atoms with Gasteiger partial charge in [-0.2, -0.15) is 0 Å². The molecule has 5 rings (SSSR count). The summed E-state index contributed by atoms with van der Waals surface area (Å²) in [7, 11) is 0. The number of fused-ring (bicyclic) bond motifs is 5. The molecule has 2 heterocycles. The Kier molecular flexibility index (Phi) is 6.40. The summed E-state index contributed by atoms with van der Waals surface area (Å²) in [6.07, 6.45) is 1.36. The summed E-state index contributed by atoms with van der Waals surface area (Å²) in [4.78, 5) is 13.0. The molecular weight excluding hydrogens is 448 g/mol. The van der Waals surface area contributed by atoms with Gasteiger partial charge in [0, 0.05) is 5.92 Å². The molecule has 7 heteroatoms. The molecule has 0 aromatic carbocycles. The molecule has 2 aliphatic heterocycles. The highest BCUT2D eigenvalue weighted by Crippen LogP contribution is 2.66. The van der Waals surface area contributed by atoms with Crippen molar-refractivity contribution < 1.29 is 34.7 Å². The second kappa shape index (κ2) is 8.65. The van der Waals surface area contributed by atoms with Gasteiger partial charge in [0.15, 0.2) is 0 Å². The highest BCUT2D eigenvalue weighted by atomic mass is 16.6. The molecule has 0 radical (unpaired) electrons. The van der Waals surface area contributed by atoms with E-state index in [2.05, 4.69) is 20.8 Å². The average molecular weight is 495 g/mol. The van der Waals surface area contributed by atoms with Gasteiger partial charge >= 0.3 is 5.97 Å². The molecule has 3 aliphatic carbocycles. The molecule has 0 aromatic rings. The third kappa shape index (κ3) is 3.91. The highest BCUT2D eigenvalue weighted by Gasteiger charge is 2.63. The van der Waals surface area contributed by atoms with Crippen LogP contribution in [0.25, 0.3) is 0 Å². The fourth-order valence-electron chi connectivity index (χ4n) is 9.28. The lowest BCUT2D eigenvalue weighted by Gasteiger charge is -2.56. The molecule has 0 unspecified atom stereocenters. The topological polar surface area (TPSA) is 120 Å². The second-order valence-corrected chi connectivity index (χ2v) is 13.6. The van der Waals surface area contributed by atoms with Crippen LogP contribution in [0.4, 0.5) is 0 Å². The van der Waals surface area contributed by atoms with Gasteiger partial charge in [0.2, 0.25) is 0 Å². The summed E-state index contributed by atoms with van der Waals surface area (Å²) in [5, 5.41) is 43.1. The Morgan fingerprint density at radius 3 is 2.26 bits per heavy atom. The van der Waals surface area contributed by atoms with E-state index >= 15 is 0 Å². The van der Waals surface area contributed by atoms with Crippen LogP contribution in [0.1, 0.15) is 73.1 Å². The maximum atomic E-state index is 13.0. The van der Waals surface area contributed by atoms with Crippen molar-refractivity contribution in [2.75, 3.05) is 13.2 Å². The number of aliphatic hydroxyl groups excluding tert-OH is 4. The molecule has 5 fully saturated rings. The van der Waals surface area contributed by atoms with Crippen LogP contribution in [0, 0.1) is 52.3 Å². The second-order valence-electron chi connectivity index (χ2n) is 13.6. The number of rotatable bonds is 5. The van der Waals surface area contributed by atoms with Crippen molar-refractivity contribution >= 4 is 5.97 Å². The maximum absolute atomic E-state index is 13.0. The number of ether oxygens (including phenoxy) is 2. The van der Waals surface area contributed by atoms with Gasteiger partial charge in [0.25, 0.3) is 0 Å². The Balaban J connectivity index is 1.37. The van der Waals surface area contributed by atoms with E-state index in [1.165, 1.54) is 0 Å². The lowest BCUT2D eigenvalue weighted by Crippen LogP contribution is -2.55. The number of hydrogen-bond donors (Lipinski definition) is 4. The minimum atomic E-state index is -0.874. The van der Waals surface area contributed by atoms with Gasteiger partial charge in [-0.1, -0.05) is 27.7 Å². The maximum Gasteiger partial charge on any atom is 0.309 e. The summed E-state index contributed by atoms with van der Waals surface area (Å²) >= 11 is 0. The molecule has 0 spiro atoms. The molecule has 200 valence electrons. The van der Waals surface area contributed by atoms with E-state index in [4.69, 9.17) is 9.47 Å². The van der Waals surface area contributed by atoms with Gasteiger partial charge in [-0.25, -0.2) is 0 Å². The molecule has 14 atom stereocenters. The molecule has 7 nitrogen and oxygen atoms in total. The average Bonchev–Trinajstić information content (AvgIpc) is 3.49. The zero-order chi connectivity index (χ0) is 25.5. The Bertz CT molecular complexity index is 828. The number of carbonyl (C=O) groups is 1. The summed E-state index contributed by atoms with van der Waals surface area (Å²) in [5.41, 5.74) is -0.721. The number of cyclic esters (lactones) is 1. The number of hydrogen-bond acceptors (Lipinski definition) is 7. The Morgan fingerprint density at radius 2 is 1.60 bits per heavy atom. The van der Waals surface area contributed by atoms with E-state index in [-0.39, 0.29) is 64.3 Å². The van der Waals surface area contributed by atoms with E-state index in [0.717, 1.165) is 25.7 Å². The third-order valence-corrected chi connectivity index (χ3v) is 12.0. The first-order chi connectivity index (χ1) is 16.3. The van der Waals surface area contributed by atoms with Crippen molar-refractivity contribution in [3.63, 3.8) is 0 Å². The van der Waals surface area contributed by atoms with Crippen molar-refractivity contribution in [3.05, 3.63) is 0 Å². The number of esters is 1. The van der Waals surface area contributed by atoms with Gasteiger partial charge in [0.05, 0.1) is 49.1 Å². The smallest absolute Gasteiger partial charge is 0.309 e. The van der Waals surface area contributed by atoms with Gasteiger partial charge in [-0.3, -0.25) is 4.79 Å². The Hall–Kier alpha value is -0.730. The van der Waals surface area contributed by atoms with Gasteiger partial charge in [-0.05, 0) is 85.9 Å². The Labute approximate surface area is 209 Å². The number of aliphatic hydroxyl groups is 4. The van der Waals surface area contributed by atoms with Gasteiger partial charge in [-0.15, -0.1) is 0 Å². The van der Waals surface area contributed by atoms with E-state index < -0.39 is 24.4 Å². The molecule has 35 heavy (non-hydrogen) atoms. The first-order valence-corrected chi connectivity index (χ1v) is 13.9. The largest absolute Gasteiger partial charge is 0.465 e. The van der Waals surface area contributed by atoms with E-state index in [0.29, 0.717) is 25.6 Å². The normalized spacial score (nSPS) is 52.7. The number of epoxide rings is 1. The summed E-state index contributed by atoms with van der Waals surface area (Å²) in [6, 6.07) is 0. The molecule has 0 amide bonds. The van der Waals surface area contributed by atoms with Crippen LogP contribution in [0.2, 0.25) is 0 Å². The van der Waals surface area contributed by atoms with Crippen LogP contribution in [-0.2, 0) is 14.3 Å². The van der Waals surface area contributed by atoms with E-state index in [9.17, 15) is 25.2 Å². The van der Waals surface area contributed by atoms with Crippen molar-refractivity contribution in [3.8, 4) is 0 Å². The summed E-state index contributed by atoms with van der Waals surface area (Å²) in [5.74, 6) is 0.340. The van der Waals surface area contributed by atoms with Crippen molar-refractivity contribution in [1.82, 2.24) is 0 Å². The molecular formula is C28H46O7. The van der Waals surface area contributed by atoms with Crippen LogP contribution in [-0.4, -0.2) is 69.6 Å². The SMILES string of the molecule is C[C@H]([C@H](O)[C@H](O)[C@@H](C)[C@]1(C)CO1)[C@H]1CC[C@H]2[C@@H]3COC(=O)[C@H]4C[C@H](O)[C@H](O)C[C@]4(C)[C@H]3CC[C@]12C. The van der Waals surface area contributed by atoms with E-state index in [1.807, 2.05) is 13.8 Å². The van der Waals surface area contributed by atoms with Crippen LogP contribution >= 0.6 is 0 Å². The van der Waals surface area contributed by atoms with Crippen molar-refractivity contribution in [2.24, 2.45) is 52.3 Å². The van der Waals surface area contributed by atoms with Gasteiger partial charge in [0.1, 0.15) is 0 Å². The minimum absolute atomic E-state index is 0.0000943. The first-order valence-electron chi connectivity index (χ1n) is 13.9. The van der Waals surface area contributed by atoms with Crippen LogP contribution in [0.5, 0.6) is 0 Å². The molecule has 0 aromatic heterocycles. The monoisotopic (exact) mass is 494 g/mol. The molecule has 3 saturated carbocycles. The standard InChI is InChI=1S/C28H46O7/c1-14(23(31)24(32)15(2)28(5)13-35-28)17-6-7-18-16-12-34-25(33)20-10-21(29)22(30)11-27(20,4)19(16)8-9-26(17,18)3/h14-24,29-32H,6-13H2,1-5H3/t14-,15+,16-,17+,18-,19-,20+,21-,22+,23-,24+,26+,27+,28-/m0/s1. The molecule has 4 N–H and O–H groups in total. The fraction of sp³-hybridized carbons (Fsp3) is 0.964. The quantitative estimate of drug-likeness (QED) is 0.342. The van der Waals surface area contributed by atoms with Crippen LogP contribution < -0.4 is 0 Å². The lowest BCUT2D eigenvalue weighted by atomic mass is 9.48. The van der Waals surface area contributed by atoms with Crippen LogP contribution in [0.15, 0.2) is 0 Å². The minimum Gasteiger partial charge on any atom is -0.465 e. The van der Waals surface area contributed by atoms with E-state index in [1.54, 1.807) is 0 Å². The van der Waals surface area contributed by atoms with Crippen molar-refractivity contribution in [1.29, 1.82) is 0 Å². The highest BCUT2D eigenvalue weighted by molar-refractivity contribution is 5.74. The Morgan fingerprint density at radius 1 is 0.943 bits per heavy atom. The van der Waals surface area contributed by atoms with Crippen molar-refractivity contribution in [2.45, 2.75) is 103 Å². The molecule has 2 saturated heterocycles. The lowest BCUT2D eigenvalue weighted by molar-refractivity contribution is -0.162. The first kappa shape index (κ1) is 25.9.